The van der Waals surface area contributed by atoms with Gasteiger partial charge in [-0.15, -0.1) is 0 Å². The number of amides is 1. The SMILES string of the molecule is O=C(Nc1ccc(F)c([N+](=O)[O-])c1)c1cc(-c2ccco2)nc2ccccc12. The van der Waals surface area contributed by atoms with Gasteiger partial charge in [-0.2, -0.15) is 4.39 Å². The van der Waals surface area contributed by atoms with Crippen LogP contribution in [0.3, 0.4) is 0 Å². The Morgan fingerprint density at radius 2 is 1.93 bits per heavy atom. The zero-order valence-corrected chi connectivity index (χ0v) is 14.3. The highest BCUT2D eigenvalue weighted by Crippen LogP contribution is 2.27. The Bertz CT molecular complexity index is 1210. The molecule has 4 aromatic rings. The smallest absolute Gasteiger partial charge is 0.306 e. The number of nitrogens with zero attached hydrogens (tertiary/aromatic N) is 2. The first-order valence-corrected chi connectivity index (χ1v) is 8.22. The highest BCUT2D eigenvalue weighted by Gasteiger charge is 2.18. The number of anilines is 1. The third-order valence-electron chi connectivity index (χ3n) is 4.14. The number of aromatic nitrogens is 1. The van der Waals surface area contributed by atoms with Crippen molar-refractivity contribution in [2.75, 3.05) is 5.32 Å². The van der Waals surface area contributed by atoms with E-state index in [0.29, 0.717) is 27.9 Å². The first-order chi connectivity index (χ1) is 13.5. The molecule has 0 saturated heterocycles. The molecule has 138 valence electrons. The maximum Gasteiger partial charge on any atom is 0.306 e. The first kappa shape index (κ1) is 17.3. The van der Waals surface area contributed by atoms with Crippen LogP contribution < -0.4 is 5.32 Å². The highest BCUT2D eigenvalue weighted by atomic mass is 19.1. The molecule has 8 heteroatoms. The Hall–Kier alpha value is -4.07. The Balaban J connectivity index is 1.77. The summed E-state index contributed by atoms with van der Waals surface area (Å²) in [5.74, 6) is -0.984. The number of nitrogens with one attached hydrogen (secondary N) is 1. The second-order valence-corrected chi connectivity index (χ2v) is 5.93. The number of pyridine rings is 1. The summed E-state index contributed by atoms with van der Waals surface area (Å²) in [6.45, 7) is 0. The van der Waals surface area contributed by atoms with Crippen LogP contribution in [0.2, 0.25) is 0 Å². The number of para-hydroxylation sites is 1. The van der Waals surface area contributed by atoms with Crippen LogP contribution in [-0.2, 0) is 0 Å². The number of carbonyl (C=O) groups excluding carboxylic acids is 1. The highest BCUT2D eigenvalue weighted by molar-refractivity contribution is 6.13. The summed E-state index contributed by atoms with van der Waals surface area (Å²) in [4.78, 5) is 27.5. The van der Waals surface area contributed by atoms with Gasteiger partial charge < -0.3 is 9.73 Å². The summed E-state index contributed by atoms with van der Waals surface area (Å²) in [6, 6.07) is 15.3. The van der Waals surface area contributed by atoms with Crippen molar-refractivity contribution in [1.29, 1.82) is 0 Å². The number of benzene rings is 2. The Labute approximate surface area is 157 Å². The summed E-state index contributed by atoms with van der Waals surface area (Å²) in [7, 11) is 0. The standard InChI is InChI=1S/C20H12FN3O4/c21-15-8-7-12(10-18(15)24(26)27)22-20(25)14-11-17(19-6-3-9-28-19)23-16-5-2-1-4-13(14)16/h1-11H,(H,22,25). The minimum Gasteiger partial charge on any atom is -0.463 e. The van der Waals surface area contributed by atoms with E-state index in [-0.39, 0.29) is 5.69 Å². The van der Waals surface area contributed by atoms with Crippen molar-refractivity contribution in [2.45, 2.75) is 0 Å². The van der Waals surface area contributed by atoms with Crippen molar-refractivity contribution in [1.82, 2.24) is 4.98 Å². The molecule has 2 heterocycles. The monoisotopic (exact) mass is 377 g/mol. The van der Waals surface area contributed by atoms with Gasteiger partial charge in [-0.3, -0.25) is 14.9 Å². The Morgan fingerprint density at radius 3 is 2.68 bits per heavy atom. The molecule has 0 atom stereocenters. The van der Waals surface area contributed by atoms with E-state index in [2.05, 4.69) is 10.3 Å². The Kier molecular flexibility index (Phi) is 4.29. The molecule has 0 bridgehead atoms. The van der Waals surface area contributed by atoms with E-state index in [0.717, 1.165) is 12.1 Å². The van der Waals surface area contributed by atoms with E-state index in [4.69, 9.17) is 4.42 Å². The van der Waals surface area contributed by atoms with Crippen LogP contribution in [0, 0.1) is 15.9 Å². The van der Waals surface area contributed by atoms with Gasteiger partial charge in [-0.1, -0.05) is 18.2 Å². The third-order valence-corrected chi connectivity index (χ3v) is 4.14. The van der Waals surface area contributed by atoms with Crippen molar-refractivity contribution in [3.63, 3.8) is 0 Å². The number of nitro benzene ring substituents is 1. The molecule has 7 nitrogen and oxygen atoms in total. The number of halogens is 1. The summed E-state index contributed by atoms with van der Waals surface area (Å²) in [5.41, 5.74) is 0.766. The summed E-state index contributed by atoms with van der Waals surface area (Å²) < 4.78 is 18.9. The molecule has 4 rings (SSSR count). The van der Waals surface area contributed by atoms with E-state index in [9.17, 15) is 19.3 Å². The fourth-order valence-electron chi connectivity index (χ4n) is 2.84. The number of fused-ring (bicyclic) bond motifs is 1. The molecule has 0 unspecified atom stereocenters. The second-order valence-electron chi connectivity index (χ2n) is 5.93. The van der Waals surface area contributed by atoms with Gasteiger partial charge >= 0.3 is 5.69 Å². The maximum atomic E-state index is 13.5. The van der Waals surface area contributed by atoms with Gasteiger partial charge in [0.2, 0.25) is 5.82 Å². The number of furan rings is 1. The lowest BCUT2D eigenvalue weighted by Gasteiger charge is -2.10. The van der Waals surface area contributed by atoms with Crippen LogP contribution in [0.1, 0.15) is 10.4 Å². The molecule has 2 aromatic heterocycles. The predicted molar refractivity (Wildman–Crippen MR) is 100 cm³/mol. The lowest BCUT2D eigenvalue weighted by atomic mass is 10.1. The van der Waals surface area contributed by atoms with Gasteiger partial charge in [-0.25, -0.2) is 4.98 Å². The Morgan fingerprint density at radius 1 is 1.11 bits per heavy atom. The molecule has 0 aliphatic rings. The average molecular weight is 377 g/mol. The van der Waals surface area contributed by atoms with Crippen molar-refractivity contribution in [3.05, 3.63) is 88.4 Å². The molecule has 0 radical (unpaired) electrons. The lowest BCUT2D eigenvalue weighted by Crippen LogP contribution is -2.13. The first-order valence-electron chi connectivity index (χ1n) is 8.22. The molecular weight excluding hydrogens is 365 g/mol. The third kappa shape index (κ3) is 3.18. The number of rotatable bonds is 4. The zero-order valence-electron chi connectivity index (χ0n) is 14.3. The van der Waals surface area contributed by atoms with Crippen molar-refractivity contribution in [2.24, 2.45) is 0 Å². The van der Waals surface area contributed by atoms with Gasteiger partial charge in [0.25, 0.3) is 5.91 Å². The largest absolute Gasteiger partial charge is 0.463 e. The maximum absolute atomic E-state index is 13.5. The predicted octanol–water partition coefficient (Wildman–Crippen LogP) is 4.79. The van der Waals surface area contributed by atoms with E-state index < -0.39 is 22.3 Å². The minimum absolute atomic E-state index is 0.110. The molecule has 0 aliphatic carbocycles. The van der Waals surface area contributed by atoms with Crippen molar-refractivity contribution >= 4 is 28.2 Å². The van der Waals surface area contributed by atoms with E-state index in [1.54, 1.807) is 42.5 Å². The van der Waals surface area contributed by atoms with E-state index in [1.807, 2.05) is 0 Å². The molecule has 2 aromatic carbocycles. The molecule has 0 saturated carbocycles. The van der Waals surface area contributed by atoms with E-state index in [1.165, 1.54) is 12.3 Å². The van der Waals surface area contributed by atoms with Crippen LogP contribution in [-0.4, -0.2) is 15.8 Å². The molecule has 28 heavy (non-hydrogen) atoms. The molecule has 0 aliphatic heterocycles. The summed E-state index contributed by atoms with van der Waals surface area (Å²) in [6.07, 6.45) is 1.50. The topological polar surface area (TPSA) is 98.3 Å². The molecular formula is C20H12FN3O4. The van der Waals surface area contributed by atoms with Crippen LogP contribution in [0.5, 0.6) is 0 Å². The van der Waals surface area contributed by atoms with Gasteiger partial charge in [0, 0.05) is 17.1 Å². The van der Waals surface area contributed by atoms with Gasteiger partial charge in [0.05, 0.1) is 22.3 Å². The summed E-state index contributed by atoms with van der Waals surface area (Å²) in [5, 5.41) is 14.1. The zero-order chi connectivity index (χ0) is 19.7. The van der Waals surface area contributed by atoms with Gasteiger partial charge in [0.1, 0.15) is 5.69 Å². The molecule has 0 fully saturated rings. The number of nitro groups is 1. The van der Waals surface area contributed by atoms with Crippen LogP contribution in [0.25, 0.3) is 22.4 Å². The van der Waals surface area contributed by atoms with Crippen molar-refractivity contribution in [3.8, 4) is 11.5 Å². The van der Waals surface area contributed by atoms with Gasteiger partial charge in [0.15, 0.2) is 5.76 Å². The minimum atomic E-state index is -0.975. The molecule has 0 spiro atoms. The normalized spacial score (nSPS) is 10.8. The number of hydrogen-bond acceptors (Lipinski definition) is 5. The van der Waals surface area contributed by atoms with Crippen LogP contribution in [0.15, 0.2) is 71.3 Å². The van der Waals surface area contributed by atoms with Crippen LogP contribution >= 0.6 is 0 Å². The van der Waals surface area contributed by atoms with Gasteiger partial charge in [-0.05, 0) is 36.4 Å². The summed E-state index contributed by atoms with van der Waals surface area (Å²) >= 11 is 0. The number of hydrogen-bond donors (Lipinski definition) is 1. The fraction of sp³-hybridized carbons (Fsp3) is 0. The number of carbonyl (C=O) groups is 1. The lowest BCUT2D eigenvalue weighted by molar-refractivity contribution is -0.387. The van der Waals surface area contributed by atoms with E-state index >= 15 is 0 Å². The average Bonchev–Trinajstić information content (AvgIpc) is 3.23. The second kappa shape index (κ2) is 6.92. The van der Waals surface area contributed by atoms with Crippen LogP contribution in [0.4, 0.5) is 15.8 Å². The fourth-order valence-corrected chi connectivity index (χ4v) is 2.84. The molecule has 1 N–H and O–H groups in total. The molecule has 1 amide bonds. The van der Waals surface area contributed by atoms with Crippen molar-refractivity contribution < 1.29 is 18.5 Å². The quantitative estimate of drug-likeness (QED) is 0.407.